The predicted octanol–water partition coefficient (Wildman–Crippen LogP) is 2.60. The van der Waals surface area contributed by atoms with Crippen molar-refractivity contribution in [2.45, 2.75) is 6.92 Å². The highest BCUT2D eigenvalue weighted by Crippen LogP contribution is 2.14. The van der Waals surface area contributed by atoms with Gasteiger partial charge in [-0.15, -0.1) is 0 Å². The average Bonchev–Trinajstić information content (AvgIpc) is 2.38. The first-order valence-corrected chi connectivity index (χ1v) is 6.08. The van der Waals surface area contributed by atoms with Crippen LogP contribution >= 0.6 is 0 Å². The second kappa shape index (κ2) is 5.64. The summed E-state index contributed by atoms with van der Waals surface area (Å²) in [7, 11) is 2.12. The van der Waals surface area contributed by atoms with Crippen molar-refractivity contribution in [3.63, 3.8) is 0 Å². The minimum Gasteiger partial charge on any atom is -0.369 e. The van der Waals surface area contributed by atoms with Crippen LogP contribution in [0.5, 0.6) is 0 Å². The molecular formula is C14H19N3. The maximum absolute atomic E-state index is 4.57. The lowest BCUT2D eigenvalue weighted by Crippen LogP contribution is -2.24. The second-order valence-corrected chi connectivity index (χ2v) is 4.21. The molecule has 0 aliphatic heterocycles. The highest BCUT2D eigenvalue weighted by Gasteiger charge is 1.98. The minimum absolute atomic E-state index is 0.926. The first kappa shape index (κ1) is 11.9. The largest absolute Gasteiger partial charge is 0.369 e. The predicted molar refractivity (Wildman–Crippen MR) is 73.4 cm³/mol. The van der Waals surface area contributed by atoms with Gasteiger partial charge in [0.2, 0.25) is 0 Å². The van der Waals surface area contributed by atoms with Crippen molar-refractivity contribution < 1.29 is 0 Å². The molecule has 0 unspecified atom stereocenters. The third kappa shape index (κ3) is 3.17. The van der Waals surface area contributed by atoms with Crippen LogP contribution in [0.15, 0.2) is 36.4 Å². The van der Waals surface area contributed by atoms with E-state index in [9.17, 15) is 0 Å². The Kier molecular flexibility index (Phi) is 3.94. The van der Waals surface area contributed by atoms with Crippen molar-refractivity contribution in [3.05, 3.63) is 36.4 Å². The molecule has 1 N–H and O–H groups in total. The number of likely N-dealkylation sites (N-methyl/N-ethyl adjacent to an activating group) is 1. The number of hydrogen-bond donors (Lipinski definition) is 1. The third-order valence-electron chi connectivity index (χ3n) is 2.94. The summed E-state index contributed by atoms with van der Waals surface area (Å²) in [5, 5.41) is 4.53. The number of rotatable bonds is 5. The van der Waals surface area contributed by atoms with Gasteiger partial charge < -0.3 is 10.2 Å². The quantitative estimate of drug-likeness (QED) is 0.854. The molecule has 0 aliphatic rings. The van der Waals surface area contributed by atoms with Crippen molar-refractivity contribution in [1.82, 2.24) is 9.88 Å². The standard InChI is InChI=1S/C14H19N3/c1-3-17(2)11-10-15-14-9-8-12-6-4-5-7-13(12)16-14/h4-9H,3,10-11H2,1-2H3,(H,15,16). The number of aromatic nitrogens is 1. The molecule has 0 spiro atoms. The van der Waals surface area contributed by atoms with Crippen LogP contribution in [0.1, 0.15) is 6.92 Å². The van der Waals surface area contributed by atoms with Gasteiger partial charge in [0.25, 0.3) is 0 Å². The number of pyridine rings is 1. The van der Waals surface area contributed by atoms with E-state index < -0.39 is 0 Å². The SMILES string of the molecule is CCN(C)CCNc1ccc2ccccc2n1. The number of hydrogen-bond acceptors (Lipinski definition) is 3. The summed E-state index contributed by atoms with van der Waals surface area (Å²) in [6.45, 7) is 5.20. The summed E-state index contributed by atoms with van der Waals surface area (Å²) >= 11 is 0. The Morgan fingerprint density at radius 1 is 1.18 bits per heavy atom. The molecule has 17 heavy (non-hydrogen) atoms. The van der Waals surface area contributed by atoms with Crippen LogP contribution in [0.2, 0.25) is 0 Å². The van der Waals surface area contributed by atoms with E-state index in [0.29, 0.717) is 0 Å². The fourth-order valence-electron chi connectivity index (χ4n) is 1.70. The van der Waals surface area contributed by atoms with Gasteiger partial charge in [0.05, 0.1) is 5.52 Å². The molecule has 90 valence electrons. The van der Waals surface area contributed by atoms with Gasteiger partial charge in [-0.25, -0.2) is 4.98 Å². The topological polar surface area (TPSA) is 28.2 Å². The van der Waals surface area contributed by atoms with E-state index in [1.807, 2.05) is 24.3 Å². The lowest BCUT2D eigenvalue weighted by Gasteiger charge is -2.14. The highest BCUT2D eigenvalue weighted by molar-refractivity contribution is 5.79. The van der Waals surface area contributed by atoms with Crippen molar-refractivity contribution >= 4 is 16.7 Å². The molecule has 0 amide bonds. The van der Waals surface area contributed by atoms with Crippen molar-refractivity contribution in [1.29, 1.82) is 0 Å². The third-order valence-corrected chi connectivity index (χ3v) is 2.94. The van der Waals surface area contributed by atoms with Crippen molar-refractivity contribution in [2.24, 2.45) is 0 Å². The van der Waals surface area contributed by atoms with Crippen LogP contribution < -0.4 is 5.32 Å². The maximum atomic E-state index is 4.57. The van der Waals surface area contributed by atoms with Crippen molar-refractivity contribution in [3.8, 4) is 0 Å². The molecule has 0 atom stereocenters. The van der Waals surface area contributed by atoms with E-state index in [1.54, 1.807) is 0 Å². The number of nitrogens with one attached hydrogen (secondary N) is 1. The summed E-state index contributed by atoms with van der Waals surface area (Å²) in [6, 6.07) is 12.3. The Labute approximate surface area is 102 Å². The fraction of sp³-hybridized carbons (Fsp3) is 0.357. The zero-order chi connectivity index (χ0) is 12.1. The summed E-state index contributed by atoms with van der Waals surface area (Å²) < 4.78 is 0. The smallest absolute Gasteiger partial charge is 0.126 e. The van der Waals surface area contributed by atoms with Crippen LogP contribution in [0, 0.1) is 0 Å². The van der Waals surface area contributed by atoms with Crippen LogP contribution in [-0.4, -0.2) is 36.6 Å². The summed E-state index contributed by atoms with van der Waals surface area (Å²) in [6.07, 6.45) is 0. The van der Waals surface area contributed by atoms with Gasteiger partial charge in [0, 0.05) is 18.5 Å². The average molecular weight is 229 g/mol. The summed E-state index contributed by atoms with van der Waals surface area (Å²) in [5.74, 6) is 0.952. The van der Waals surface area contributed by atoms with Gasteiger partial charge in [-0.3, -0.25) is 0 Å². The molecule has 1 heterocycles. The molecular weight excluding hydrogens is 210 g/mol. The molecule has 3 heteroatoms. The molecule has 0 saturated carbocycles. The monoisotopic (exact) mass is 229 g/mol. The fourth-order valence-corrected chi connectivity index (χ4v) is 1.70. The van der Waals surface area contributed by atoms with Crippen LogP contribution in [0.3, 0.4) is 0 Å². The summed E-state index contributed by atoms with van der Waals surface area (Å²) in [4.78, 5) is 6.84. The first-order chi connectivity index (χ1) is 8.29. The lowest BCUT2D eigenvalue weighted by molar-refractivity contribution is 0.367. The number of benzene rings is 1. The Morgan fingerprint density at radius 3 is 2.82 bits per heavy atom. The number of anilines is 1. The molecule has 0 bridgehead atoms. The molecule has 0 radical (unpaired) electrons. The zero-order valence-electron chi connectivity index (χ0n) is 10.5. The number of fused-ring (bicyclic) bond motifs is 1. The molecule has 1 aromatic carbocycles. The van der Waals surface area contributed by atoms with E-state index >= 15 is 0 Å². The van der Waals surface area contributed by atoms with Crippen LogP contribution in [0.25, 0.3) is 10.9 Å². The normalized spacial score (nSPS) is 11.0. The first-order valence-electron chi connectivity index (χ1n) is 6.08. The molecule has 3 nitrogen and oxygen atoms in total. The molecule has 2 rings (SSSR count). The number of nitrogens with zero attached hydrogens (tertiary/aromatic N) is 2. The Balaban J connectivity index is 1.99. The van der Waals surface area contributed by atoms with E-state index in [0.717, 1.165) is 31.0 Å². The van der Waals surface area contributed by atoms with Crippen molar-refractivity contribution in [2.75, 3.05) is 32.0 Å². The Bertz CT molecular complexity index is 482. The molecule has 0 fully saturated rings. The van der Waals surface area contributed by atoms with E-state index in [-0.39, 0.29) is 0 Å². The molecule has 2 aromatic rings. The van der Waals surface area contributed by atoms with Crippen LogP contribution in [-0.2, 0) is 0 Å². The Hall–Kier alpha value is -1.61. The van der Waals surface area contributed by atoms with Gasteiger partial charge >= 0.3 is 0 Å². The van der Waals surface area contributed by atoms with Gasteiger partial charge in [-0.1, -0.05) is 25.1 Å². The zero-order valence-corrected chi connectivity index (χ0v) is 10.5. The lowest BCUT2D eigenvalue weighted by atomic mass is 10.2. The molecule has 1 aromatic heterocycles. The Morgan fingerprint density at radius 2 is 2.00 bits per heavy atom. The van der Waals surface area contributed by atoms with Gasteiger partial charge in [0.15, 0.2) is 0 Å². The van der Waals surface area contributed by atoms with E-state index in [1.165, 1.54) is 5.39 Å². The number of para-hydroxylation sites is 1. The maximum Gasteiger partial charge on any atom is 0.126 e. The highest BCUT2D eigenvalue weighted by atomic mass is 15.1. The van der Waals surface area contributed by atoms with Gasteiger partial charge in [0.1, 0.15) is 5.82 Å². The van der Waals surface area contributed by atoms with E-state index in [2.05, 4.69) is 41.3 Å². The van der Waals surface area contributed by atoms with Crippen LogP contribution in [0.4, 0.5) is 5.82 Å². The summed E-state index contributed by atoms with van der Waals surface area (Å²) in [5.41, 5.74) is 1.04. The van der Waals surface area contributed by atoms with Gasteiger partial charge in [-0.2, -0.15) is 0 Å². The van der Waals surface area contributed by atoms with Gasteiger partial charge in [-0.05, 0) is 31.8 Å². The minimum atomic E-state index is 0.926. The van der Waals surface area contributed by atoms with E-state index in [4.69, 9.17) is 0 Å². The molecule has 0 saturated heterocycles. The molecule has 0 aliphatic carbocycles. The second-order valence-electron chi connectivity index (χ2n) is 4.21.